The summed E-state index contributed by atoms with van der Waals surface area (Å²) in [5, 5.41) is 20.7. The average Bonchev–Trinajstić information content (AvgIpc) is 3.28. The molecule has 8 nitrogen and oxygen atoms in total. The summed E-state index contributed by atoms with van der Waals surface area (Å²) in [5.74, 6) is 0.590. The fourth-order valence-electron chi connectivity index (χ4n) is 1.82. The number of rotatable bonds is 8. The highest BCUT2D eigenvalue weighted by molar-refractivity contribution is 7.99. The van der Waals surface area contributed by atoms with Crippen LogP contribution in [0.15, 0.2) is 27.8 Å². The van der Waals surface area contributed by atoms with E-state index < -0.39 is 0 Å². The third kappa shape index (κ3) is 5.80. The summed E-state index contributed by atoms with van der Waals surface area (Å²) in [4.78, 5) is 11.9. The number of carbonyl (C=O) groups is 1. The minimum atomic E-state index is -0.234. The predicted molar refractivity (Wildman–Crippen MR) is 104 cm³/mol. The van der Waals surface area contributed by atoms with Gasteiger partial charge >= 0.3 is 0 Å². The van der Waals surface area contributed by atoms with Crippen LogP contribution >= 0.6 is 46.3 Å². The number of ether oxygens (including phenoxy) is 1. The van der Waals surface area contributed by atoms with Gasteiger partial charge in [-0.1, -0.05) is 53.2 Å². The fraction of sp³-hybridized carbons (Fsp3) is 0.267. The second kappa shape index (κ2) is 9.36. The zero-order valence-electron chi connectivity index (χ0n) is 13.9. The van der Waals surface area contributed by atoms with E-state index in [-0.39, 0.29) is 29.4 Å². The van der Waals surface area contributed by atoms with E-state index in [2.05, 4.69) is 25.7 Å². The molecule has 12 heteroatoms. The van der Waals surface area contributed by atoms with Crippen LogP contribution in [0.5, 0.6) is 5.75 Å². The first-order valence-corrected chi connectivity index (χ1v) is 10.2. The Balaban J connectivity index is 1.46. The van der Waals surface area contributed by atoms with Gasteiger partial charge in [0.2, 0.25) is 11.0 Å². The molecule has 0 fully saturated rings. The number of thioether (sulfide) groups is 1. The number of hydrogen-bond donors (Lipinski definition) is 1. The van der Waals surface area contributed by atoms with Crippen molar-refractivity contribution < 1.29 is 13.9 Å². The molecular formula is C15H13Cl2N5O3S2. The molecule has 2 heterocycles. The van der Waals surface area contributed by atoms with Crippen molar-refractivity contribution in [1.29, 1.82) is 0 Å². The SMILES string of the molecule is CCc1nnc(NC(=O)CSc2nnc(COc3ccc(Cl)cc3Cl)o2)s1. The summed E-state index contributed by atoms with van der Waals surface area (Å²) in [6, 6.07) is 4.89. The molecule has 3 rings (SSSR count). The Kier molecular flexibility index (Phi) is 6.89. The Morgan fingerprint density at radius 2 is 2.15 bits per heavy atom. The van der Waals surface area contributed by atoms with Crippen molar-refractivity contribution >= 4 is 57.3 Å². The molecule has 0 saturated carbocycles. The van der Waals surface area contributed by atoms with Crippen LogP contribution in [0.1, 0.15) is 17.8 Å². The van der Waals surface area contributed by atoms with Gasteiger partial charge in [0.1, 0.15) is 10.8 Å². The number of aryl methyl sites for hydroxylation is 1. The van der Waals surface area contributed by atoms with Gasteiger partial charge in [0.05, 0.1) is 10.8 Å². The highest BCUT2D eigenvalue weighted by atomic mass is 35.5. The summed E-state index contributed by atoms with van der Waals surface area (Å²) >= 11 is 14.3. The largest absolute Gasteiger partial charge is 0.482 e. The summed E-state index contributed by atoms with van der Waals surface area (Å²) < 4.78 is 11.0. The molecule has 1 aromatic carbocycles. The maximum Gasteiger partial charge on any atom is 0.277 e. The number of halogens is 2. The number of nitrogens with one attached hydrogen (secondary N) is 1. The quantitative estimate of drug-likeness (QED) is 0.516. The molecule has 0 atom stereocenters. The minimum Gasteiger partial charge on any atom is -0.482 e. The standard InChI is InChI=1S/C15H13Cl2N5O3S2/c1-2-13-20-21-14(27-13)18-11(23)7-26-15-22-19-12(25-15)6-24-10-4-3-8(16)5-9(10)17/h3-5H,2,6-7H2,1H3,(H,18,21,23). The van der Waals surface area contributed by atoms with Crippen LogP contribution in [0.3, 0.4) is 0 Å². The van der Waals surface area contributed by atoms with Crippen LogP contribution < -0.4 is 10.1 Å². The molecule has 0 radical (unpaired) electrons. The number of hydrogen-bond acceptors (Lipinski definition) is 9. The van der Waals surface area contributed by atoms with E-state index in [1.807, 2.05) is 6.92 Å². The molecule has 0 saturated heterocycles. The Labute approximate surface area is 172 Å². The molecule has 0 aliphatic carbocycles. The van der Waals surface area contributed by atoms with E-state index in [4.69, 9.17) is 32.4 Å². The Morgan fingerprint density at radius 1 is 1.30 bits per heavy atom. The first-order chi connectivity index (χ1) is 13.0. The molecule has 3 aromatic rings. The zero-order valence-corrected chi connectivity index (χ0v) is 17.1. The second-order valence-electron chi connectivity index (χ2n) is 5.02. The normalized spacial score (nSPS) is 10.8. The molecule has 1 N–H and O–H groups in total. The number of amides is 1. The smallest absolute Gasteiger partial charge is 0.277 e. The number of anilines is 1. The van der Waals surface area contributed by atoms with Crippen molar-refractivity contribution in [2.45, 2.75) is 25.2 Å². The van der Waals surface area contributed by atoms with Gasteiger partial charge in [0.25, 0.3) is 11.1 Å². The van der Waals surface area contributed by atoms with E-state index in [0.717, 1.165) is 23.2 Å². The molecule has 0 aliphatic rings. The second-order valence-corrected chi connectivity index (χ2v) is 7.85. The van der Waals surface area contributed by atoms with Gasteiger partial charge in [0, 0.05) is 5.02 Å². The molecule has 27 heavy (non-hydrogen) atoms. The van der Waals surface area contributed by atoms with E-state index in [1.165, 1.54) is 11.3 Å². The van der Waals surface area contributed by atoms with Crippen LogP contribution in [0.4, 0.5) is 5.13 Å². The highest BCUT2D eigenvalue weighted by Gasteiger charge is 2.13. The van der Waals surface area contributed by atoms with Gasteiger partial charge in [-0.05, 0) is 24.6 Å². The first kappa shape index (κ1) is 19.9. The van der Waals surface area contributed by atoms with Crippen molar-refractivity contribution in [2.75, 3.05) is 11.1 Å². The Bertz CT molecular complexity index is 934. The maximum atomic E-state index is 11.9. The summed E-state index contributed by atoms with van der Waals surface area (Å²) in [7, 11) is 0. The van der Waals surface area contributed by atoms with Gasteiger partial charge in [-0.15, -0.1) is 20.4 Å². The molecule has 2 aromatic heterocycles. The lowest BCUT2D eigenvalue weighted by Crippen LogP contribution is -2.13. The monoisotopic (exact) mass is 445 g/mol. The maximum absolute atomic E-state index is 11.9. The lowest BCUT2D eigenvalue weighted by molar-refractivity contribution is -0.113. The molecule has 142 valence electrons. The van der Waals surface area contributed by atoms with Crippen molar-refractivity contribution in [3.63, 3.8) is 0 Å². The number of aromatic nitrogens is 4. The Hall–Kier alpha value is -1.88. The van der Waals surface area contributed by atoms with Crippen LogP contribution in [0, 0.1) is 0 Å². The van der Waals surface area contributed by atoms with E-state index in [9.17, 15) is 4.79 Å². The van der Waals surface area contributed by atoms with Gasteiger partial charge in [-0.3, -0.25) is 10.1 Å². The van der Waals surface area contributed by atoms with Crippen LogP contribution in [-0.4, -0.2) is 32.1 Å². The van der Waals surface area contributed by atoms with Crippen molar-refractivity contribution in [3.05, 3.63) is 39.1 Å². The topological polar surface area (TPSA) is 103 Å². The van der Waals surface area contributed by atoms with Gasteiger partial charge in [-0.25, -0.2) is 0 Å². The predicted octanol–water partition coefficient (Wildman–Crippen LogP) is 4.10. The minimum absolute atomic E-state index is 0.0473. The van der Waals surface area contributed by atoms with Crippen molar-refractivity contribution in [2.24, 2.45) is 0 Å². The van der Waals surface area contributed by atoms with Crippen LogP contribution in [0.2, 0.25) is 10.0 Å². The number of carbonyl (C=O) groups excluding carboxylic acids is 1. The van der Waals surface area contributed by atoms with E-state index >= 15 is 0 Å². The zero-order chi connectivity index (χ0) is 19.2. The first-order valence-electron chi connectivity index (χ1n) is 7.68. The summed E-state index contributed by atoms with van der Waals surface area (Å²) in [6.45, 7) is 2.02. The molecule has 0 unspecified atom stereocenters. The van der Waals surface area contributed by atoms with Gasteiger partial charge in [-0.2, -0.15) is 0 Å². The average molecular weight is 446 g/mol. The summed E-state index contributed by atoms with van der Waals surface area (Å²) in [6.07, 6.45) is 0.774. The Morgan fingerprint density at radius 3 is 2.89 bits per heavy atom. The molecule has 0 aliphatic heterocycles. The fourth-order valence-corrected chi connectivity index (χ4v) is 3.56. The lowest BCUT2D eigenvalue weighted by Gasteiger charge is -2.05. The van der Waals surface area contributed by atoms with Crippen molar-refractivity contribution in [1.82, 2.24) is 20.4 Å². The van der Waals surface area contributed by atoms with Crippen LogP contribution in [-0.2, 0) is 17.8 Å². The van der Waals surface area contributed by atoms with E-state index in [0.29, 0.717) is 20.9 Å². The third-order valence-corrected chi connectivity index (χ3v) is 5.37. The highest BCUT2D eigenvalue weighted by Crippen LogP contribution is 2.28. The van der Waals surface area contributed by atoms with Gasteiger partial charge < -0.3 is 9.15 Å². The summed E-state index contributed by atoms with van der Waals surface area (Å²) in [5.41, 5.74) is 0. The number of benzene rings is 1. The third-order valence-electron chi connectivity index (χ3n) is 3.04. The molecule has 0 spiro atoms. The molecular weight excluding hydrogens is 433 g/mol. The van der Waals surface area contributed by atoms with Crippen molar-refractivity contribution in [3.8, 4) is 5.75 Å². The molecule has 0 bridgehead atoms. The molecule has 1 amide bonds. The van der Waals surface area contributed by atoms with Crippen LogP contribution in [0.25, 0.3) is 0 Å². The van der Waals surface area contributed by atoms with E-state index in [1.54, 1.807) is 18.2 Å². The lowest BCUT2D eigenvalue weighted by atomic mass is 10.3. The number of nitrogens with zero attached hydrogens (tertiary/aromatic N) is 4. The van der Waals surface area contributed by atoms with Gasteiger partial charge in [0.15, 0.2) is 6.61 Å².